The van der Waals surface area contributed by atoms with Gasteiger partial charge in [-0.1, -0.05) is 55.5 Å². The summed E-state index contributed by atoms with van der Waals surface area (Å²) in [6.45, 7) is 3.70. The summed E-state index contributed by atoms with van der Waals surface area (Å²) < 4.78 is 10.9. The van der Waals surface area contributed by atoms with Gasteiger partial charge in [0, 0.05) is 31.5 Å². The Labute approximate surface area is 198 Å². The average Bonchev–Trinajstić information content (AvgIpc) is 3.12. The van der Waals surface area contributed by atoms with E-state index in [2.05, 4.69) is 29.6 Å². The molecule has 8 nitrogen and oxygen atoms in total. The molecule has 2 aliphatic rings. The van der Waals surface area contributed by atoms with Gasteiger partial charge in [-0.2, -0.15) is 0 Å². The first-order valence-corrected chi connectivity index (χ1v) is 11.6. The quantitative estimate of drug-likeness (QED) is 0.522. The molecule has 0 bridgehead atoms. The van der Waals surface area contributed by atoms with Gasteiger partial charge in [-0.3, -0.25) is 9.59 Å². The third-order valence-corrected chi connectivity index (χ3v) is 6.68. The van der Waals surface area contributed by atoms with E-state index >= 15 is 0 Å². The van der Waals surface area contributed by atoms with E-state index in [0.29, 0.717) is 13.1 Å². The van der Waals surface area contributed by atoms with Gasteiger partial charge >= 0.3 is 12.1 Å². The van der Waals surface area contributed by atoms with Crippen LogP contribution in [0.25, 0.3) is 11.1 Å². The van der Waals surface area contributed by atoms with Crippen molar-refractivity contribution in [2.45, 2.75) is 19.3 Å². The highest BCUT2D eigenvalue weighted by molar-refractivity contribution is 5.79. The van der Waals surface area contributed by atoms with Crippen LogP contribution in [0, 0.1) is 11.8 Å². The number of aliphatic carboxylic acids is 1. The molecule has 0 spiro atoms. The van der Waals surface area contributed by atoms with E-state index < -0.39 is 18.0 Å². The van der Waals surface area contributed by atoms with Gasteiger partial charge in [0.2, 0.25) is 5.91 Å². The normalized spacial score (nSPS) is 15.7. The fraction of sp³-hybridized carbons (Fsp3) is 0.423. The van der Waals surface area contributed by atoms with Crippen LogP contribution in [-0.2, 0) is 19.1 Å². The number of carbonyl (C=O) groups excluding carboxylic acids is 2. The number of rotatable bonds is 10. The molecule has 1 atom stereocenters. The monoisotopic (exact) mass is 466 g/mol. The number of amides is 2. The number of fused-ring (bicyclic) bond motifs is 3. The van der Waals surface area contributed by atoms with Crippen LogP contribution in [0.4, 0.5) is 4.79 Å². The predicted molar refractivity (Wildman–Crippen MR) is 125 cm³/mol. The third-order valence-electron chi connectivity index (χ3n) is 6.68. The molecule has 8 heteroatoms. The van der Waals surface area contributed by atoms with Crippen LogP contribution in [-0.4, -0.2) is 67.4 Å². The maximum absolute atomic E-state index is 12.1. The predicted octanol–water partition coefficient (Wildman–Crippen LogP) is 3.11. The second-order valence-electron chi connectivity index (χ2n) is 8.80. The molecular weight excluding hydrogens is 436 g/mol. The Balaban J connectivity index is 1.10. The molecule has 2 aromatic rings. The van der Waals surface area contributed by atoms with Gasteiger partial charge in [0.1, 0.15) is 6.61 Å². The number of carboxylic acids is 1. The summed E-state index contributed by atoms with van der Waals surface area (Å²) in [4.78, 5) is 36.9. The minimum Gasteiger partial charge on any atom is -0.481 e. The number of hydrogen-bond donors (Lipinski definition) is 2. The highest BCUT2D eigenvalue weighted by Gasteiger charge is 2.36. The van der Waals surface area contributed by atoms with Crippen molar-refractivity contribution in [3.8, 4) is 11.1 Å². The number of hydrogen-bond acceptors (Lipinski definition) is 5. The zero-order chi connectivity index (χ0) is 24.1. The summed E-state index contributed by atoms with van der Waals surface area (Å²) in [6, 6.07) is 16.3. The standard InChI is InChI=1S/C26H30N2O6/c1-17(25(30)31)18-14-28(15-18)24(29)10-12-33-13-11-27-26(32)34-16-23-21-8-4-2-6-19(21)20-7-3-5-9-22(20)23/h2-9,17-18,23H,10-16H2,1H3,(H,27,32)(H,30,31). The van der Waals surface area contributed by atoms with Crippen LogP contribution in [0.1, 0.15) is 30.4 Å². The van der Waals surface area contributed by atoms with Gasteiger partial charge in [0.25, 0.3) is 0 Å². The lowest BCUT2D eigenvalue weighted by atomic mass is 9.87. The fourth-order valence-corrected chi connectivity index (χ4v) is 4.53. The van der Waals surface area contributed by atoms with Crippen molar-refractivity contribution in [2.75, 3.05) is 39.5 Å². The lowest BCUT2D eigenvalue weighted by molar-refractivity contribution is -0.150. The maximum atomic E-state index is 12.1. The number of nitrogens with zero attached hydrogens (tertiary/aromatic N) is 1. The zero-order valence-corrected chi connectivity index (χ0v) is 19.2. The van der Waals surface area contributed by atoms with E-state index in [-0.39, 0.29) is 50.5 Å². The van der Waals surface area contributed by atoms with Crippen LogP contribution in [0.3, 0.4) is 0 Å². The Morgan fingerprint density at radius 2 is 1.65 bits per heavy atom. The van der Waals surface area contributed by atoms with Crippen LogP contribution in [0.5, 0.6) is 0 Å². The van der Waals surface area contributed by atoms with E-state index in [9.17, 15) is 14.4 Å². The molecule has 180 valence electrons. The van der Waals surface area contributed by atoms with E-state index in [4.69, 9.17) is 14.6 Å². The van der Waals surface area contributed by atoms with Gasteiger partial charge in [0.15, 0.2) is 0 Å². The maximum Gasteiger partial charge on any atom is 0.407 e. The Morgan fingerprint density at radius 1 is 1.03 bits per heavy atom. The van der Waals surface area contributed by atoms with Crippen LogP contribution in [0.2, 0.25) is 0 Å². The first-order valence-electron chi connectivity index (χ1n) is 11.6. The Kier molecular flexibility index (Phi) is 7.47. The molecule has 1 aliphatic carbocycles. The molecule has 1 unspecified atom stereocenters. The number of nitrogens with one attached hydrogen (secondary N) is 1. The molecule has 34 heavy (non-hydrogen) atoms. The minimum atomic E-state index is -0.829. The van der Waals surface area contributed by atoms with Gasteiger partial charge in [-0.15, -0.1) is 0 Å². The highest BCUT2D eigenvalue weighted by Crippen LogP contribution is 2.44. The van der Waals surface area contributed by atoms with E-state index in [1.165, 1.54) is 11.1 Å². The minimum absolute atomic E-state index is 0.0139. The molecule has 1 saturated heterocycles. The Bertz CT molecular complexity index is 1000. The van der Waals surface area contributed by atoms with Crippen molar-refractivity contribution in [1.29, 1.82) is 0 Å². The van der Waals surface area contributed by atoms with Crippen LogP contribution < -0.4 is 5.32 Å². The van der Waals surface area contributed by atoms with Gasteiger partial charge in [0.05, 0.1) is 25.6 Å². The van der Waals surface area contributed by atoms with Crippen LogP contribution in [0.15, 0.2) is 48.5 Å². The molecule has 0 aromatic heterocycles. The van der Waals surface area contributed by atoms with Crippen molar-refractivity contribution >= 4 is 18.0 Å². The topological polar surface area (TPSA) is 105 Å². The number of alkyl carbamates (subject to hydrolysis) is 1. The third kappa shape index (κ3) is 5.22. The fourth-order valence-electron chi connectivity index (χ4n) is 4.53. The van der Waals surface area contributed by atoms with Gasteiger partial charge in [-0.05, 0) is 22.3 Å². The summed E-state index contributed by atoms with van der Waals surface area (Å²) in [6.07, 6.45) is -0.264. The smallest absolute Gasteiger partial charge is 0.407 e. The number of carbonyl (C=O) groups is 3. The molecule has 0 saturated carbocycles. The largest absolute Gasteiger partial charge is 0.481 e. The average molecular weight is 467 g/mol. The molecule has 1 heterocycles. The van der Waals surface area contributed by atoms with E-state index in [1.807, 2.05) is 24.3 Å². The van der Waals surface area contributed by atoms with E-state index in [0.717, 1.165) is 11.1 Å². The highest BCUT2D eigenvalue weighted by atomic mass is 16.5. The second-order valence-corrected chi connectivity index (χ2v) is 8.80. The number of ether oxygens (including phenoxy) is 2. The Morgan fingerprint density at radius 3 is 2.26 bits per heavy atom. The number of benzene rings is 2. The molecule has 2 aromatic carbocycles. The van der Waals surface area contributed by atoms with Crippen molar-refractivity contribution in [3.63, 3.8) is 0 Å². The van der Waals surface area contributed by atoms with Crippen molar-refractivity contribution in [3.05, 3.63) is 59.7 Å². The molecule has 1 fully saturated rings. The second kappa shape index (κ2) is 10.7. The molecule has 2 N–H and O–H groups in total. The molecule has 1 aliphatic heterocycles. The summed E-state index contributed by atoms with van der Waals surface area (Å²) in [7, 11) is 0. The summed E-state index contributed by atoms with van der Waals surface area (Å²) in [5, 5.41) is 11.7. The Hall–Kier alpha value is -3.39. The summed E-state index contributed by atoms with van der Waals surface area (Å²) in [5.74, 6) is -1.28. The number of carboxylic acid groups (broad SMARTS) is 1. The van der Waals surface area contributed by atoms with Crippen molar-refractivity contribution < 1.29 is 29.0 Å². The first-order chi connectivity index (χ1) is 16.5. The van der Waals surface area contributed by atoms with Gasteiger partial charge < -0.3 is 24.8 Å². The zero-order valence-electron chi connectivity index (χ0n) is 19.2. The lowest BCUT2D eigenvalue weighted by Gasteiger charge is -2.41. The SMILES string of the molecule is CC(C(=O)O)C1CN(C(=O)CCOCCNC(=O)OCC2c3ccccc3-c3ccccc32)C1. The summed E-state index contributed by atoms with van der Waals surface area (Å²) >= 11 is 0. The molecule has 4 rings (SSSR count). The van der Waals surface area contributed by atoms with Crippen molar-refractivity contribution in [2.24, 2.45) is 11.8 Å². The van der Waals surface area contributed by atoms with Crippen molar-refractivity contribution in [1.82, 2.24) is 10.2 Å². The van der Waals surface area contributed by atoms with E-state index in [1.54, 1.807) is 11.8 Å². The van der Waals surface area contributed by atoms with Gasteiger partial charge in [-0.25, -0.2) is 4.79 Å². The molecule has 0 radical (unpaired) electrons. The first kappa shape index (κ1) is 23.8. The molecular formula is C26H30N2O6. The van der Waals surface area contributed by atoms with Crippen LogP contribution >= 0.6 is 0 Å². The lowest BCUT2D eigenvalue weighted by Crippen LogP contribution is -2.53. The molecule has 2 amide bonds. The number of likely N-dealkylation sites (tertiary alicyclic amines) is 1. The summed E-state index contributed by atoms with van der Waals surface area (Å²) in [5.41, 5.74) is 4.69.